The van der Waals surface area contributed by atoms with Gasteiger partial charge in [-0.3, -0.25) is 18.6 Å². The van der Waals surface area contributed by atoms with Crippen molar-refractivity contribution in [2.75, 3.05) is 47.5 Å². The van der Waals surface area contributed by atoms with Crippen LogP contribution in [0, 0.1) is 0 Å². The third-order valence-corrected chi connectivity index (χ3v) is 10.6. The Morgan fingerprint density at radius 3 is 1.66 bits per heavy atom. The van der Waals surface area contributed by atoms with Crippen LogP contribution in [0.4, 0.5) is 0 Å². The molecule has 10 nitrogen and oxygen atoms in total. The average Bonchev–Trinajstić information content (AvgIpc) is 3.18. The molecule has 0 bridgehead atoms. The Balaban J connectivity index is 4.45. The maximum atomic E-state index is 12.7. The summed E-state index contributed by atoms with van der Waals surface area (Å²) < 4.78 is 34.3. The average molecular weight is 853 g/mol. The van der Waals surface area contributed by atoms with Gasteiger partial charge in [0.05, 0.1) is 33.9 Å². The monoisotopic (exact) mass is 853 g/mol. The molecular formula is C48H87NO9P+. The van der Waals surface area contributed by atoms with Gasteiger partial charge in [-0.25, -0.2) is 4.57 Å². The minimum absolute atomic E-state index is 0.0140. The maximum absolute atomic E-state index is 12.7. The topological polar surface area (TPSA) is 129 Å². The van der Waals surface area contributed by atoms with E-state index in [1.807, 2.05) is 33.3 Å². The summed E-state index contributed by atoms with van der Waals surface area (Å²) in [5.74, 6) is -0.892. The van der Waals surface area contributed by atoms with Crippen LogP contribution in [0.1, 0.15) is 174 Å². The smallest absolute Gasteiger partial charge is 0.462 e. The van der Waals surface area contributed by atoms with Gasteiger partial charge in [0.1, 0.15) is 19.8 Å². The number of aliphatic hydroxyl groups is 1. The molecule has 0 aromatic rings. The molecule has 0 heterocycles. The summed E-state index contributed by atoms with van der Waals surface area (Å²) in [4.78, 5) is 35.4. The molecule has 0 aliphatic carbocycles. The summed E-state index contributed by atoms with van der Waals surface area (Å²) in [6.45, 7) is 4.13. The normalized spacial score (nSPS) is 14.6. The van der Waals surface area contributed by atoms with Crippen molar-refractivity contribution < 1.29 is 47.2 Å². The molecule has 0 radical (unpaired) electrons. The second-order valence-electron chi connectivity index (χ2n) is 16.6. The van der Waals surface area contributed by atoms with E-state index in [1.54, 1.807) is 0 Å². The quantitative estimate of drug-likeness (QED) is 0.0203. The molecule has 2 N–H and O–H groups in total. The molecule has 0 aliphatic heterocycles. The number of aliphatic hydroxyl groups excluding tert-OH is 1. The molecular weight excluding hydrogens is 766 g/mol. The number of phosphoric ester groups is 1. The second kappa shape index (κ2) is 39.8. The molecule has 0 aromatic carbocycles. The van der Waals surface area contributed by atoms with Crippen molar-refractivity contribution >= 4 is 19.8 Å². The number of quaternary nitrogens is 1. The Hall–Kier alpha value is -2.33. The number of hydrogen-bond acceptors (Lipinski definition) is 8. The lowest BCUT2D eigenvalue weighted by Crippen LogP contribution is -2.37. The molecule has 0 saturated carbocycles. The number of unbranched alkanes of at least 4 members (excludes halogenated alkanes) is 14. The third-order valence-electron chi connectivity index (χ3n) is 9.58. The van der Waals surface area contributed by atoms with Crippen LogP contribution >= 0.6 is 7.82 Å². The predicted octanol–water partition coefficient (Wildman–Crippen LogP) is 12.2. The molecule has 342 valence electrons. The zero-order valence-electron chi connectivity index (χ0n) is 38.1. The fourth-order valence-corrected chi connectivity index (χ4v) is 6.70. The molecule has 0 spiro atoms. The van der Waals surface area contributed by atoms with Crippen molar-refractivity contribution in [1.82, 2.24) is 0 Å². The summed E-state index contributed by atoms with van der Waals surface area (Å²) in [6.07, 6.45) is 44.8. The van der Waals surface area contributed by atoms with Crippen LogP contribution in [0.2, 0.25) is 0 Å². The van der Waals surface area contributed by atoms with Crippen LogP contribution in [0.15, 0.2) is 60.8 Å². The fourth-order valence-electron chi connectivity index (χ4n) is 5.96. The van der Waals surface area contributed by atoms with Gasteiger partial charge in [0.25, 0.3) is 0 Å². The Morgan fingerprint density at radius 2 is 1.08 bits per heavy atom. The van der Waals surface area contributed by atoms with Gasteiger partial charge in [0, 0.05) is 12.8 Å². The fraction of sp³-hybridized carbons (Fsp3) is 0.750. The van der Waals surface area contributed by atoms with Crippen LogP contribution in [0.25, 0.3) is 0 Å². The number of likely N-dealkylation sites (N-methyl/N-ethyl adjacent to an activating group) is 1. The van der Waals surface area contributed by atoms with Gasteiger partial charge >= 0.3 is 19.8 Å². The van der Waals surface area contributed by atoms with E-state index in [0.29, 0.717) is 30.3 Å². The number of carbonyl (C=O) groups is 2. The van der Waals surface area contributed by atoms with E-state index in [0.717, 1.165) is 64.2 Å². The number of phosphoric acid groups is 1. The van der Waals surface area contributed by atoms with Gasteiger partial charge in [-0.15, -0.1) is 0 Å². The number of nitrogens with zero attached hydrogens (tertiary/aromatic N) is 1. The molecule has 0 saturated heterocycles. The van der Waals surface area contributed by atoms with E-state index < -0.39 is 32.5 Å². The van der Waals surface area contributed by atoms with Crippen LogP contribution in [-0.2, 0) is 32.7 Å². The molecule has 59 heavy (non-hydrogen) atoms. The summed E-state index contributed by atoms with van der Waals surface area (Å²) >= 11 is 0. The van der Waals surface area contributed by atoms with Gasteiger partial charge in [0.2, 0.25) is 0 Å². The number of hydrogen-bond donors (Lipinski definition) is 2. The van der Waals surface area contributed by atoms with Gasteiger partial charge < -0.3 is 24.0 Å². The van der Waals surface area contributed by atoms with Crippen LogP contribution in [0.3, 0.4) is 0 Å². The highest BCUT2D eigenvalue weighted by Gasteiger charge is 2.27. The SMILES string of the molecule is CCCCCCCC/C=C\CCCCCCCCCC(=O)O[C@H](COC(=O)CCC/C=C\C/C=C\C/C=C\C/C=C\CC(O)CCC)COP(=O)(O)OCC[N+](C)(C)C. The van der Waals surface area contributed by atoms with Crippen LogP contribution in [0.5, 0.6) is 0 Å². The standard InChI is InChI=1S/C48H86NO9P/c1-6-8-9-10-11-12-13-14-15-16-17-20-24-27-30-33-36-40-48(52)58-46(44-57-59(53,54)56-42-41-49(3,4)5)43-55-47(51)39-35-32-29-26-23-21-18-19-22-25-28-31-34-38-45(50)37-7-2/h14-15,18,21-22,25-26,29,31,34,45-46,50H,6-13,16-17,19-20,23-24,27-28,30,32-33,35-44H2,1-5H3/p+1/b15-14-,21-18-,25-22-,29-26-,34-31-/t45?,46-/m1/s1. The molecule has 0 fully saturated rings. The van der Waals surface area contributed by atoms with Crippen molar-refractivity contribution in [2.24, 2.45) is 0 Å². The highest BCUT2D eigenvalue weighted by Crippen LogP contribution is 2.43. The number of ether oxygens (including phenoxy) is 2. The van der Waals surface area contributed by atoms with Crippen molar-refractivity contribution in [2.45, 2.75) is 187 Å². The van der Waals surface area contributed by atoms with Crippen molar-refractivity contribution in [3.05, 3.63) is 60.8 Å². The number of rotatable bonds is 41. The Morgan fingerprint density at radius 1 is 0.593 bits per heavy atom. The van der Waals surface area contributed by atoms with E-state index in [1.165, 1.54) is 64.2 Å². The molecule has 0 aliphatic rings. The first kappa shape index (κ1) is 56.7. The van der Waals surface area contributed by atoms with E-state index in [9.17, 15) is 24.2 Å². The summed E-state index contributed by atoms with van der Waals surface area (Å²) in [5.41, 5.74) is 0. The lowest BCUT2D eigenvalue weighted by molar-refractivity contribution is -0.870. The largest absolute Gasteiger partial charge is 0.472 e. The van der Waals surface area contributed by atoms with E-state index in [4.69, 9.17) is 18.5 Å². The van der Waals surface area contributed by atoms with Crippen molar-refractivity contribution in [3.8, 4) is 0 Å². The minimum Gasteiger partial charge on any atom is -0.462 e. The Kier molecular flexibility index (Phi) is 38.2. The molecule has 11 heteroatoms. The second-order valence-corrected chi connectivity index (χ2v) is 18.1. The zero-order chi connectivity index (χ0) is 43.7. The highest BCUT2D eigenvalue weighted by atomic mass is 31.2. The number of esters is 2. The first-order valence-corrected chi connectivity index (χ1v) is 24.6. The zero-order valence-corrected chi connectivity index (χ0v) is 39.0. The first-order valence-electron chi connectivity index (χ1n) is 23.1. The summed E-state index contributed by atoms with van der Waals surface area (Å²) in [5, 5.41) is 9.74. The summed E-state index contributed by atoms with van der Waals surface area (Å²) in [7, 11) is 1.42. The Bertz CT molecular complexity index is 1210. The lowest BCUT2D eigenvalue weighted by atomic mass is 10.1. The highest BCUT2D eigenvalue weighted by molar-refractivity contribution is 7.47. The lowest BCUT2D eigenvalue weighted by Gasteiger charge is -2.24. The van der Waals surface area contributed by atoms with Gasteiger partial charge in [0.15, 0.2) is 6.10 Å². The third kappa shape index (κ3) is 43.6. The van der Waals surface area contributed by atoms with Gasteiger partial charge in [-0.2, -0.15) is 0 Å². The number of carbonyl (C=O) groups excluding carboxylic acids is 2. The van der Waals surface area contributed by atoms with Crippen LogP contribution < -0.4 is 0 Å². The minimum atomic E-state index is -4.40. The van der Waals surface area contributed by atoms with Crippen LogP contribution in [-0.4, -0.2) is 86.1 Å². The molecule has 0 amide bonds. The molecule has 0 aromatic heterocycles. The van der Waals surface area contributed by atoms with Gasteiger partial charge in [-0.1, -0.05) is 145 Å². The summed E-state index contributed by atoms with van der Waals surface area (Å²) in [6, 6.07) is 0. The Labute approximate surface area is 360 Å². The molecule has 3 atom stereocenters. The van der Waals surface area contributed by atoms with E-state index >= 15 is 0 Å². The van der Waals surface area contributed by atoms with E-state index in [2.05, 4.69) is 62.5 Å². The predicted molar refractivity (Wildman–Crippen MR) is 244 cm³/mol. The van der Waals surface area contributed by atoms with Gasteiger partial charge in [-0.05, 0) is 77.0 Å². The van der Waals surface area contributed by atoms with Crippen molar-refractivity contribution in [1.29, 1.82) is 0 Å². The number of allylic oxidation sites excluding steroid dienone is 9. The molecule has 2 unspecified atom stereocenters. The van der Waals surface area contributed by atoms with Crippen molar-refractivity contribution in [3.63, 3.8) is 0 Å². The first-order chi connectivity index (χ1) is 28.4. The van der Waals surface area contributed by atoms with E-state index in [-0.39, 0.29) is 32.2 Å². The maximum Gasteiger partial charge on any atom is 0.472 e. The molecule has 0 rings (SSSR count).